The minimum atomic E-state index is -1.11. The fourth-order valence-corrected chi connectivity index (χ4v) is 3.79. The zero-order valence-electron chi connectivity index (χ0n) is 11.0. The molecule has 1 heterocycles. The summed E-state index contributed by atoms with van der Waals surface area (Å²) >= 11 is 0. The number of nitrogens with zero attached hydrogens (tertiary/aromatic N) is 1. The minimum Gasteiger partial charge on any atom is -0.427 e. The van der Waals surface area contributed by atoms with Gasteiger partial charge in [0.05, 0.1) is 0 Å². The quantitative estimate of drug-likeness (QED) is 0.567. The highest BCUT2D eigenvalue weighted by molar-refractivity contribution is 6.40. The molecular weight excluding hydrogens is 213 g/mol. The van der Waals surface area contributed by atoms with Gasteiger partial charge in [0.2, 0.25) is 0 Å². The van der Waals surface area contributed by atoms with Crippen LogP contribution in [-0.4, -0.2) is 41.2 Å². The van der Waals surface area contributed by atoms with E-state index in [1.807, 2.05) is 0 Å². The summed E-state index contributed by atoms with van der Waals surface area (Å²) < 4.78 is 0. The van der Waals surface area contributed by atoms with E-state index in [4.69, 9.17) is 10.0 Å². The van der Waals surface area contributed by atoms with E-state index in [2.05, 4.69) is 11.8 Å². The third kappa shape index (κ3) is 3.46. The average molecular weight is 239 g/mol. The van der Waals surface area contributed by atoms with E-state index in [1.165, 1.54) is 32.2 Å². The highest BCUT2D eigenvalue weighted by atomic mass is 16.4. The Hall–Kier alpha value is -0.0551. The Kier molecular flexibility index (Phi) is 4.89. The molecule has 2 rings (SSSR count). The molecule has 0 radical (unpaired) electrons. The second-order valence-corrected chi connectivity index (χ2v) is 5.94. The number of fused-ring (bicyclic) bond motifs is 1. The number of hydrogen-bond donors (Lipinski definition) is 2. The van der Waals surface area contributed by atoms with E-state index >= 15 is 0 Å². The van der Waals surface area contributed by atoms with E-state index in [0.717, 1.165) is 37.3 Å². The molecule has 0 amide bonds. The molecule has 1 saturated carbocycles. The van der Waals surface area contributed by atoms with Crippen molar-refractivity contribution in [3.8, 4) is 0 Å². The van der Waals surface area contributed by atoms with E-state index in [1.54, 1.807) is 0 Å². The lowest BCUT2D eigenvalue weighted by Crippen LogP contribution is -2.38. The summed E-state index contributed by atoms with van der Waals surface area (Å²) in [5.74, 6) is 1.85. The van der Waals surface area contributed by atoms with Crippen LogP contribution in [0.15, 0.2) is 0 Å². The molecule has 1 aliphatic heterocycles. The Morgan fingerprint density at radius 1 is 1.18 bits per heavy atom. The van der Waals surface area contributed by atoms with Crippen LogP contribution < -0.4 is 0 Å². The van der Waals surface area contributed by atoms with Crippen LogP contribution in [0.4, 0.5) is 0 Å². The Balaban J connectivity index is 1.71. The summed E-state index contributed by atoms with van der Waals surface area (Å²) in [7, 11) is -1.11. The second kappa shape index (κ2) is 6.21. The van der Waals surface area contributed by atoms with Crippen LogP contribution in [0.5, 0.6) is 0 Å². The Labute approximate surface area is 105 Å². The Morgan fingerprint density at radius 2 is 2.00 bits per heavy atom. The van der Waals surface area contributed by atoms with Gasteiger partial charge in [-0.05, 0) is 50.5 Å². The van der Waals surface area contributed by atoms with Crippen molar-refractivity contribution in [2.75, 3.05) is 13.1 Å². The van der Waals surface area contributed by atoms with Gasteiger partial charge in [0.25, 0.3) is 0 Å². The standard InChI is InChI=1S/C13H26BNO2/c1-11-5-4-6-13-12(11)7-10-15(13)9-3-2-8-14(16)17/h11-13,16-17H,2-10H2,1H3. The third-order valence-corrected chi connectivity index (χ3v) is 4.76. The van der Waals surface area contributed by atoms with Crippen molar-refractivity contribution >= 4 is 7.12 Å². The first-order valence-corrected chi connectivity index (χ1v) is 7.28. The normalized spacial score (nSPS) is 33.7. The maximum atomic E-state index is 8.81. The maximum Gasteiger partial charge on any atom is 0.451 e. The molecule has 4 heteroatoms. The summed E-state index contributed by atoms with van der Waals surface area (Å²) in [6.07, 6.45) is 8.15. The Bertz CT molecular complexity index is 237. The number of likely N-dealkylation sites (tertiary alicyclic amines) is 1. The molecule has 3 nitrogen and oxygen atoms in total. The lowest BCUT2D eigenvalue weighted by Gasteiger charge is -2.35. The molecule has 0 aromatic carbocycles. The fourth-order valence-electron chi connectivity index (χ4n) is 3.79. The van der Waals surface area contributed by atoms with E-state index < -0.39 is 7.12 Å². The zero-order valence-corrected chi connectivity index (χ0v) is 11.0. The van der Waals surface area contributed by atoms with Crippen LogP contribution in [0.1, 0.15) is 45.4 Å². The summed E-state index contributed by atoms with van der Waals surface area (Å²) in [6, 6.07) is 0.831. The predicted octanol–water partition coefficient (Wildman–Crippen LogP) is 1.75. The van der Waals surface area contributed by atoms with Gasteiger partial charge in [-0.2, -0.15) is 0 Å². The zero-order chi connectivity index (χ0) is 12.3. The van der Waals surface area contributed by atoms with Gasteiger partial charge in [-0.3, -0.25) is 0 Å². The lowest BCUT2D eigenvalue weighted by molar-refractivity contribution is 0.144. The molecule has 3 atom stereocenters. The predicted molar refractivity (Wildman–Crippen MR) is 70.7 cm³/mol. The van der Waals surface area contributed by atoms with Gasteiger partial charge >= 0.3 is 7.12 Å². The van der Waals surface area contributed by atoms with Crippen molar-refractivity contribution in [3.63, 3.8) is 0 Å². The molecule has 1 saturated heterocycles. The SMILES string of the molecule is CC1CCCC2C1CCN2CCCCB(O)O. The van der Waals surface area contributed by atoms with Crippen molar-refractivity contribution in [1.29, 1.82) is 0 Å². The average Bonchev–Trinajstić information content (AvgIpc) is 2.69. The van der Waals surface area contributed by atoms with Gasteiger partial charge < -0.3 is 14.9 Å². The molecule has 0 aromatic rings. The molecule has 2 N–H and O–H groups in total. The van der Waals surface area contributed by atoms with Crippen molar-refractivity contribution in [3.05, 3.63) is 0 Å². The summed E-state index contributed by atoms with van der Waals surface area (Å²) in [5.41, 5.74) is 0. The van der Waals surface area contributed by atoms with Crippen LogP contribution in [-0.2, 0) is 0 Å². The molecule has 0 spiro atoms. The van der Waals surface area contributed by atoms with Crippen LogP contribution >= 0.6 is 0 Å². The Morgan fingerprint density at radius 3 is 2.76 bits per heavy atom. The van der Waals surface area contributed by atoms with Crippen LogP contribution in [0.3, 0.4) is 0 Å². The monoisotopic (exact) mass is 239 g/mol. The minimum absolute atomic E-state index is 0.526. The first-order valence-electron chi connectivity index (χ1n) is 7.28. The van der Waals surface area contributed by atoms with Gasteiger partial charge in [-0.1, -0.05) is 26.2 Å². The van der Waals surface area contributed by atoms with Crippen molar-refractivity contribution in [1.82, 2.24) is 4.90 Å². The molecule has 3 unspecified atom stereocenters. The first-order chi connectivity index (χ1) is 8.18. The van der Waals surface area contributed by atoms with Crippen molar-refractivity contribution in [2.45, 2.75) is 57.8 Å². The van der Waals surface area contributed by atoms with Gasteiger partial charge in [0.15, 0.2) is 0 Å². The number of rotatable bonds is 5. The lowest BCUT2D eigenvalue weighted by atomic mass is 9.77. The molecule has 1 aliphatic carbocycles. The molecule has 2 fully saturated rings. The molecule has 0 bridgehead atoms. The van der Waals surface area contributed by atoms with E-state index in [0.29, 0.717) is 6.32 Å². The van der Waals surface area contributed by atoms with E-state index in [9.17, 15) is 0 Å². The molecular formula is C13H26BNO2. The first kappa shape index (κ1) is 13.4. The smallest absolute Gasteiger partial charge is 0.427 e. The summed E-state index contributed by atoms with van der Waals surface area (Å²) in [6.45, 7) is 4.84. The van der Waals surface area contributed by atoms with Crippen molar-refractivity contribution in [2.24, 2.45) is 11.8 Å². The number of hydrogen-bond acceptors (Lipinski definition) is 3. The molecule has 17 heavy (non-hydrogen) atoms. The number of unbranched alkanes of at least 4 members (excludes halogenated alkanes) is 1. The van der Waals surface area contributed by atoms with Gasteiger partial charge in [0.1, 0.15) is 0 Å². The molecule has 0 aromatic heterocycles. The fraction of sp³-hybridized carbons (Fsp3) is 1.00. The highest BCUT2D eigenvalue weighted by Crippen LogP contribution is 2.39. The molecule has 2 aliphatic rings. The second-order valence-electron chi connectivity index (χ2n) is 5.94. The summed E-state index contributed by atoms with van der Waals surface area (Å²) in [4.78, 5) is 2.66. The van der Waals surface area contributed by atoms with Crippen LogP contribution in [0, 0.1) is 11.8 Å². The molecule has 98 valence electrons. The van der Waals surface area contributed by atoms with Crippen LogP contribution in [0.2, 0.25) is 6.32 Å². The van der Waals surface area contributed by atoms with Crippen LogP contribution in [0.25, 0.3) is 0 Å². The van der Waals surface area contributed by atoms with E-state index in [-0.39, 0.29) is 0 Å². The van der Waals surface area contributed by atoms with Gasteiger partial charge in [-0.25, -0.2) is 0 Å². The summed E-state index contributed by atoms with van der Waals surface area (Å²) in [5, 5.41) is 17.6. The van der Waals surface area contributed by atoms with Gasteiger partial charge in [0, 0.05) is 6.04 Å². The third-order valence-electron chi connectivity index (χ3n) is 4.76. The van der Waals surface area contributed by atoms with Gasteiger partial charge in [-0.15, -0.1) is 0 Å². The van der Waals surface area contributed by atoms with Crippen molar-refractivity contribution < 1.29 is 10.0 Å². The highest BCUT2D eigenvalue weighted by Gasteiger charge is 2.38. The largest absolute Gasteiger partial charge is 0.451 e. The topological polar surface area (TPSA) is 43.7 Å². The maximum absolute atomic E-state index is 8.81.